The predicted molar refractivity (Wildman–Crippen MR) is 104 cm³/mol. The smallest absolute Gasteiger partial charge is 0.0331 e. The predicted octanol–water partition coefficient (Wildman–Crippen LogP) is 4.53. The van der Waals surface area contributed by atoms with E-state index in [1.165, 1.54) is 11.1 Å². The Balaban J connectivity index is 0.00000161. The van der Waals surface area contributed by atoms with Crippen LogP contribution in [0.4, 0.5) is 5.69 Å². The number of nitrogen functional groups attached to an aromatic ring is 1. The SMILES string of the molecule is CC1(C)NC(c2ccc(N)cc2)CC1c1ccncc1.Cl.Cl.Cl. The number of nitrogens with two attached hydrogens (primary N) is 1. The molecule has 6 heteroatoms. The highest BCUT2D eigenvalue weighted by Crippen LogP contribution is 2.43. The second-order valence-corrected chi connectivity index (χ2v) is 6.15. The Morgan fingerprint density at radius 2 is 1.52 bits per heavy atom. The lowest BCUT2D eigenvalue weighted by molar-refractivity contribution is 0.397. The average Bonchev–Trinajstić information content (AvgIpc) is 2.76. The summed E-state index contributed by atoms with van der Waals surface area (Å²) >= 11 is 0. The fourth-order valence-electron chi connectivity index (χ4n) is 3.24. The molecule has 3 N–H and O–H groups in total. The van der Waals surface area contributed by atoms with Crippen molar-refractivity contribution in [2.75, 3.05) is 5.73 Å². The zero-order valence-corrected chi connectivity index (χ0v) is 15.7. The maximum Gasteiger partial charge on any atom is 0.0331 e. The first kappa shape index (κ1) is 22.0. The molecule has 0 radical (unpaired) electrons. The summed E-state index contributed by atoms with van der Waals surface area (Å²) in [5.74, 6) is 0.494. The third-order valence-corrected chi connectivity index (χ3v) is 4.34. The van der Waals surface area contributed by atoms with E-state index >= 15 is 0 Å². The van der Waals surface area contributed by atoms with E-state index in [1.807, 2.05) is 24.5 Å². The Bertz CT molecular complexity index is 588. The molecule has 0 amide bonds. The minimum atomic E-state index is 0. The van der Waals surface area contributed by atoms with Gasteiger partial charge in [-0.15, -0.1) is 37.2 Å². The molecule has 2 heterocycles. The maximum atomic E-state index is 5.77. The number of rotatable bonds is 2. The molecule has 2 atom stereocenters. The van der Waals surface area contributed by atoms with Gasteiger partial charge in [-0.2, -0.15) is 0 Å². The molecular weight excluding hydrogens is 353 g/mol. The lowest BCUT2D eigenvalue weighted by atomic mass is 9.83. The number of nitrogens with one attached hydrogen (secondary N) is 1. The fourth-order valence-corrected chi connectivity index (χ4v) is 3.24. The number of pyridine rings is 1. The number of benzene rings is 1. The minimum absolute atomic E-state index is 0. The van der Waals surface area contributed by atoms with Crippen LogP contribution in [0.5, 0.6) is 0 Å². The Morgan fingerprint density at radius 1 is 0.957 bits per heavy atom. The van der Waals surface area contributed by atoms with Crippen molar-refractivity contribution in [3.05, 3.63) is 59.9 Å². The summed E-state index contributed by atoms with van der Waals surface area (Å²) in [4.78, 5) is 4.12. The molecule has 3 nitrogen and oxygen atoms in total. The van der Waals surface area contributed by atoms with Gasteiger partial charge in [-0.05, 0) is 55.7 Å². The number of aromatic nitrogens is 1. The molecule has 1 aliphatic rings. The van der Waals surface area contributed by atoms with Gasteiger partial charge in [-0.1, -0.05) is 12.1 Å². The van der Waals surface area contributed by atoms with Crippen molar-refractivity contribution in [2.45, 2.75) is 37.8 Å². The molecule has 1 aliphatic heterocycles. The van der Waals surface area contributed by atoms with Crippen LogP contribution in [-0.2, 0) is 0 Å². The van der Waals surface area contributed by atoms with Crippen LogP contribution in [0.3, 0.4) is 0 Å². The lowest BCUT2D eigenvalue weighted by Gasteiger charge is -2.27. The van der Waals surface area contributed by atoms with Gasteiger partial charge in [0.2, 0.25) is 0 Å². The normalized spacial score (nSPS) is 21.5. The third kappa shape index (κ3) is 4.74. The van der Waals surface area contributed by atoms with Crippen LogP contribution < -0.4 is 11.1 Å². The van der Waals surface area contributed by atoms with Gasteiger partial charge >= 0.3 is 0 Å². The van der Waals surface area contributed by atoms with Crippen LogP contribution in [-0.4, -0.2) is 10.5 Å². The van der Waals surface area contributed by atoms with E-state index in [0.717, 1.165) is 12.1 Å². The Labute approximate surface area is 156 Å². The van der Waals surface area contributed by atoms with Gasteiger partial charge in [-0.3, -0.25) is 4.98 Å². The van der Waals surface area contributed by atoms with Crippen LogP contribution in [0.25, 0.3) is 0 Å². The highest BCUT2D eigenvalue weighted by atomic mass is 35.5. The second-order valence-electron chi connectivity index (χ2n) is 6.15. The minimum Gasteiger partial charge on any atom is -0.399 e. The van der Waals surface area contributed by atoms with E-state index in [2.05, 4.69) is 48.4 Å². The van der Waals surface area contributed by atoms with Crippen molar-refractivity contribution < 1.29 is 0 Å². The quantitative estimate of drug-likeness (QED) is 0.757. The van der Waals surface area contributed by atoms with Gasteiger partial charge in [0.05, 0.1) is 0 Å². The Hall–Kier alpha value is -1.000. The fraction of sp³-hybridized carbons (Fsp3) is 0.353. The van der Waals surface area contributed by atoms with Gasteiger partial charge in [0.1, 0.15) is 0 Å². The molecule has 1 fully saturated rings. The first-order valence-corrected chi connectivity index (χ1v) is 7.09. The molecule has 2 aromatic rings. The topological polar surface area (TPSA) is 50.9 Å². The van der Waals surface area contributed by atoms with E-state index in [1.54, 1.807) is 0 Å². The molecule has 0 spiro atoms. The van der Waals surface area contributed by atoms with Crippen LogP contribution in [0.1, 0.15) is 43.4 Å². The van der Waals surface area contributed by atoms with Crippen molar-refractivity contribution in [2.24, 2.45) is 0 Å². The largest absolute Gasteiger partial charge is 0.399 e. The molecule has 23 heavy (non-hydrogen) atoms. The van der Waals surface area contributed by atoms with Crippen molar-refractivity contribution in [3.63, 3.8) is 0 Å². The molecule has 0 saturated carbocycles. The summed E-state index contributed by atoms with van der Waals surface area (Å²) in [5.41, 5.74) is 9.33. The van der Waals surface area contributed by atoms with Gasteiger partial charge in [0.25, 0.3) is 0 Å². The molecule has 1 aromatic carbocycles. The summed E-state index contributed by atoms with van der Waals surface area (Å²) in [7, 11) is 0. The van der Waals surface area contributed by atoms with Gasteiger partial charge < -0.3 is 11.1 Å². The molecule has 128 valence electrons. The van der Waals surface area contributed by atoms with Crippen molar-refractivity contribution in [1.29, 1.82) is 0 Å². The number of hydrogen-bond acceptors (Lipinski definition) is 3. The van der Waals surface area contributed by atoms with Gasteiger partial charge in [0, 0.05) is 35.6 Å². The Kier molecular flexibility index (Phi) is 8.36. The van der Waals surface area contributed by atoms with Crippen LogP contribution in [0.15, 0.2) is 48.8 Å². The monoisotopic (exact) mass is 375 g/mol. The van der Waals surface area contributed by atoms with Crippen molar-refractivity contribution >= 4 is 42.9 Å². The van der Waals surface area contributed by atoms with Crippen LogP contribution in [0, 0.1) is 0 Å². The summed E-state index contributed by atoms with van der Waals surface area (Å²) < 4.78 is 0. The molecule has 1 aromatic heterocycles. The standard InChI is InChI=1S/C17H21N3.3ClH/c1-17(2)15(12-7-9-19-10-8-12)11-16(20-17)13-3-5-14(18)6-4-13;;;/h3-10,15-16,20H,11,18H2,1-2H3;3*1H. The van der Waals surface area contributed by atoms with Crippen LogP contribution in [0.2, 0.25) is 0 Å². The summed E-state index contributed by atoms with van der Waals surface area (Å²) in [6, 6.07) is 12.8. The van der Waals surface area contributed by atoms with E-state index in [0.29, 0.717) is 12.0 Å². The zero-order chi connectivity index (χ0) is 14.2. The van der Waals surface area contributed by atoms with E-state index in [9.17, 15) is 0 Å². The summed E-state index contributed by atoms with van der Waals surface area (Å²) in [5, 5.41) is 3.75. The van der Waals surface area contributed by atoms with Gasteiger partial charge in [0.15, 0.2) is 0 Å². The summed E-state index contributed by atoms with van der Waals surface area (Å²) in [6.07, 6.45) is 4.85. The molecule has 0 bridgehead atoms. The summed E-state index contributed by atoms with van der Waals surface area (Å²) in [6.45, 7) is 4.55. The number of hydrogen-bond donors (Lipinski definition) is 2. The first-order chi connectivity index (χ1) is 9.56. The molecule has 2 unspecified atom stereocenters. The third-order valence-electron chi connectivity index (χ3n) is 4.34. The first-order valence-electron chi connectivity index (χ1n) is 7.09. The number of halogens is 3. The molecular formula is C17H24Cl3N3. The number of nitrogens with zero attached hydrogens (tertiary/aromatic N) is 1. The molecule has 0 aliphatic carbocycles. The molecule has 1 saturated heterocycles. The maximum absolute atomic E-state index is 5.77. The van der Waals surface area contributed by atoms with Crippen molar-refractivity contribution in [3.8, 4) is 0 Å². The van der Waals surface area contributed by atoms with E-state index in [4.69, 9.17) is 5.73 Å². The van der Waals surface area contributed by atoms with E-state index < -0.39 is 0 Å². The Morgan fingerprint density at radius 3 is 2.09 bits per heavy atom. The second kappa shape index (κ2) is 8.74. The highest BCUT2D eigenvalue weighted by Gasteiger charge is 2.40. The van der Waals surface area contributed by atoms with Gasteiger partial charge in [-0.25, -0.2) is 0 Å². The lowest BCUT2D eigenvalue weighted by Crippen LogP contribution is -2.37. The van der Waals surface area contributed by atoms with E-state index in [-0.39, 0.29) is 42.8 Å². The van der Waals surface area contributed by atoms with Crippen LogP contribution >= 0.6 is 37.2 Å². The highest BCUT2D eigenvalue weighted by molar-refractivity contribution is 5.86. The average molecular weight is 377 g/mol. The number of anilines is 1. The molecule has 3 rings (SSSR count). The van der Waals surface area contributed by atoms with Crippen molar-refractivity contribution in [1.82, 2.24) is 10.3 Å². The zero-order valence-electron chi connectivity index (χ0n) is 13.2.